The summed E-state index contributed by atoms with van der Waals surface area (Å²) in [5.74, 6) is 0.969. The lowest BCUT2D eigenvalue weighted by atomic mass is 9.83. The van der Waals surface area contributed by atoms with Crippen molar-refractivity contribution in [3.8, 4) is 5.75 Å². The Labute approximate surface area is 187 Å². The first-order valence-electron chi connectivity index (χ1n) is 11.1. The first-order chi connectivity index (χ1) is 15.6. The quantitative estimate of drug-likeness (QED) is 0.587. The molecule has 0 saturated carbocycles. The maximum absolute atomic E-state index is 13.4. The normalized spacial score (nSPS) is 18.7. The number of amides is 2. The lowest BCUT2D eigenvalue weighted by Gasteiger charge is -2.41. The second-order valence-electron chi connectivity index (χ2n) is 8.04. The number of piperidine rings is 1. The number of para-hydroxylation sites is 1. The monoisotopic (exact) mass is 435 g/mol. The van der Waals surface area contributed by atoms with Crippen LogP contribution in [0.1, 0.15) is 50.0 Å². The van der Waals surface area contributed by atoms with E-state index in [1.165, 1.54) is 0 Å². The minimum absolute atomic E-state index is 0.0851. The molecule has 1 fully saturated rings. The first-order valence-corrected chi connectivity index (χ1v) is 11.1. The van der Waals surface area contributed by atoms with Crippen LogP contribution in [-0.4, -0.2) is 45.0 Å². The van der Waals surface area contributed by atoms with Gasteiger partial charge in [0.05, 0.1) is 25.6 Å². The van der Waals surface area contributed by atoms with Crippen LogP contribution in [0.15, 0.2) is 48.7 Å². The number of carbonyl (C=O) groups is 2. The van der Waals surface area contributed by atoms with E-state index in [4.69, 9.17) is 4.74 Å². The van der Waals surface area contributed by atoms with Crippen LogP contribution < -0.4 is 10.1 Å². The van der Waals surface area contributed by atoms with Gasteiger partial charge in [0.1, 0.15) is 5.75 Å². The summed E-state index contributed by atoms with van der Waals surface area (Å²) >= 11 is 0. The molecular weight excluding hydrogens is 406 g/mol. The number of hydrogen-bond donors (Lipinski definition) is 1. The summed E-state index contributed by atoms with van der Waals surface area (Å²) in [6, 6.07) is 13.0. The number of hydrogen-bond acceptors (Lipinski definition) is 5. The number of carbonyl (C=O) groups excluding carboxylic acids is 2. The number of aromatic nitrogens is 3. The van der Waals surface area contributed by atoms with Crippen molar-refractivity contribution in [1.82, 2.24) is 24.8 Å². The topological polar surface area (TPSA) is 88.8 Å². The predicted molar refractivity (Wildman–Crippen MR) is 120 cm³/mol. The van der Waals surface area contributed by atoms with Crippen molar-refractivity contribution in [2.75, 3.05) is 13.7 Å². The Balaban J connectivity index is 1.60. The molecule has 0 radical (unpaired) electrons. The largest absolute Gasteiger partial charge is 0.496 e. The Kier molecular flexibility index (Phi) is 6.68. The molecule has 32 heavy (non-hydrogen) atoms. The SMILES string of the molecule is CCCCN1C(=O)CCC(C(=O)NCc2nnc3ccccn23)C1c1ccccc1OC. The van der Waals surface area contributed by atoms with Crippen LogP contribution >= 0.6 is 0 Å². The highest BCUT2D eigenvalue weighted by atomic mass is 16.5. The molecule has 8 nitrogen and oxygen atoms in total. The second kappa shape index (κ2) is 9.80. The van der Waals surface area contributed by atoms with Gasteiger partial charge in [-0.2, -0.15) is 0 Å². The van der Waals surface area contributed by atoms with Crippen molar-refractivity contribution in [1.29, 1.82) is 0 Å². The van der Waals surface area contributed by atoms with Crippen molar-refractivity contribution in [2.24, 2.45) is 5.92 Å². The number of pyridine rings is 1. The number of rotatable bonds is 8. The second-order valence-corrected chi connectivity index (χ2v) is 8.04. The van der Waals surface area contributed by atoms with E-state index in [1.807, 2.05) is 58.0 Å². The van der Waals surface area contributed by atoms with E-state index in [-0.39, 0.29) is 30.3 Å². The summed E-state index contributed by atoms with van der Waals surface area (Å²) in [5.41, 5.74) is 1.60. The molecule has 0 spiro atoms. The number of benzene rings is 1. The smallest absolute Gasteiger partial charge is 0.225 e. The van der Waals surface area contributed by atoms with E-state index in [9.17, 15) is 9.59 Å². The fourth-order valence-corrected chi connectivity index (χ4v) is 4.42. The van der Waals surface area contributed by atoms with Crippen LogP contribution in [0.5, 0.6) is 5.75 Å². The zero-order chi connectivity index (χ0) is 22.5. The van der Waals surface area contributed by atoms with Gasteiger partial charge in [-0.15, -0.1) is 10.2 Å². The van der Waals surface area contributed by atoms with Gasteiger partial charge in [-0.25, -0.2) is 0 Å². The van der Waals surface area contributed by atoms with E-state index < -0.39 is 0 Å². The molecule has 168 valence electrons. The minimum Gasteiger partial charge on any atom is -0.496 e. The predicted octanol–water partition coefficient (Wildman–Crippen LogP) is 3.13. The van der Waals surface area contributed by atoms with Gasteiger partial charge in [-0.3, -0.25) is 14.0 Å². The Morgan fingerprint density at radius 2 is 2.00 bits per heavy atom. The lowest BCUT2D eigenvalue weighted by Crippen LogP contribution is -2.48. The van der Waals surface area contributed by atoms with Crippen molar-refractivity contribution in [2.45, 2.75) is 45.2 Å². The molecule has 2 unspecified atom stereocenters. The third-order valence-electron chi connectivity index (χ3n) is 6.06. The van der Waals surface area contributed by atoms with Crippen molar-refractivity contribution < 1.29 is 14.3 Å². The standard InChI is InChI=1S/C24H29N5O3/c1-3-4-14-29-22(30)13-12-18(23(29)17-9-5-6-10-19(17)32-2)24(31)25-16-21-27-26-20-11-7-8-15-28(20)21/h5-11,15,18,23H,3-4,12-14,16H2,1-2H3,(H,25,31). The van der Waals surface area contributed by atoms with Crippen LogP contribution in [0.3, 0.4) is 0 Å². The molecule has 1 N–H and O–H groups in total. The molecule has 1 saturated heterocycles. The number of ether oxygens (including phenoxy) is 1. The summed E-state index contributed by atoms with van der Waals surface area (Å²) in [6.45, 7) is 2.98. The average Bonchev–Trinajstić information content (AvgIpc) is 3.24. The highest BCUT2D eigenvalue weighted by molar-refractivity contribution is 5.85. The van der Waals surface area contributed by atoms with E-state index in [2.05, 4.69) is 22.4 Å². The number of likely N-dealkylation sites (tertiary alicyclic amines) is 1. The maximum Gasteiger partial charge on any atom is 0.225 e. The zero-order valence-electron chi connectivity index (χ0n) is 18.5. The highest BCUT2D eigenvalue weighted by Crippen LogP contribution is 2.40. The van der Waals surface area contributed by atoms with Crippen LogP contribution in [0.2, 0.25) is 0 Å². The molecule has 2 amide bonds. The zero-order valence-corrected chi connectivity index (χ0v) is 18.5. The Morgan fingerprint density at radius 3 is 2.81 bits per heavy atom. The molecule has 0 aliphatic carbocycles. The Bertz CT molecular complexity index is 1100. The third kappa shape index (κ3) is 4.30. The van der Waals surface area contributed by atoms with Crippen molar-refractivity contribution in [3.05, 3.63) is 60.0 Å². The number of nitrogens with one attached hydrogen (secondary N) is 1. The molecule has 4 rings (SSSR count). The summed E-state index contributed by atoms with van der Waals surface area (Å²) < 4.78 is 7.45. The van der Waals surface area contributed by atoms with E-state index in [0.29, 0.717) is 31.0 Å². The van der Waals surface area contributed by atoms with Crippen LogP contribution in [0.4, 0.5) is 0 Å². The number of unbranched alkanes of at least 4 members (excludes halogenated alkanes) is 1. The van der Waals surface area contributed by atoms with Gasteiger partial charge < -0.3 is 15.0 Å². The van der Waals surface area contributed by atoms with Crippen LogP contribution in [-0.2, 0) is 16.1 Å². The lowest BCUT2D eigenvalue weighted by molar-refractivity contribution is -0.143. The molecule has 3 aromatic rings. The fraction of sp³-hybridized carbons (Fsp3) is 0.417. The van der Waals surface area contributed by atoms with Gasteiger partial charge in [0, 0.05) is 24.7 Å². The molecule has 8 heteroatoms. The summed E-state index contributed by atoms with van der Waals surface area (Å²) in [5, 5.41) is 11.4. The number of methoxy groups -OCH3 is 1. The van der Waals surface area contributed by atoms with E-state index >= 15 is 0 Å². The van der Waals surface area contributed by atoms with E-state index in [1.54, 1.807) is 7.11 Å². The Morgan fingerprint density at radius 1 is 1.19 bits per heavy atom. The molecule has 3 heterocycles. The van der Waals surface area contributed by atoms with Gasteiger partial charge in [-0.05, 0) is 31.0 Å². The summed E-state index contributed by atoms with van der Waals surface area (Å²) in [6.07, 6.45) is 4.59. The van der Waals surface area contributed by atoms with Crippen molar-refractivity contribution >= 4 is 17.5 Å². The van der Waals surface area contributed by atoms with Crippen molar-refractivity contribution in [3.63, 3.8) is 0 Å². The van der Waals surface area contributed by atoms with E-state index in [0.717, 1.165) is 24.1 Å². The molecule has 2 aromatic heterocycles. The summed E-state index contributed by atoms with van der Waals surface area (Å²) in [7, 11) is 1.62. The number of fused-ring (bicyclic) bond motifs is 1. The number of nitrogens with zero attached hydrogens (tertiary/aromatic N) is 4. The molecule has 1 aromatic carbocycles. The first kappa shape index (κ1) is 21.8. The van der Waals surface area contributed by atoms with Crippen LogP contribution in [0, 0.1) is 5.92 Å². The highest BCUT2D eigenvalue weighted by Gasteiger charge is 2.41. The average molecular weight is 436 g/mol. The minimum atomic E-state index is -0.375. The molecular formula is C24H29N5O3. The van der Waals surface area contributed by atoms with Gasteiger partial charge in [0.25, 0.3) is 0 Å². The molecule has 1 aliphatic heterocycles. The molecule has 0 bridgehead atoms. The molecule has 2 atom stereocenters. The fourth-order valence-electron chi connectivity index (χ4n) is 4.42. The Hall–Kier alpha value is -3.42. The summed E-state index contributed by atoms with van der Waals surface area (Å²) in [4.78, 5) is 28.1. The third-order valence-corrected chi connectivity index (χ3v) is 6.06. The van der Waals surface area contributed by atoms with Crippen LogP contribution in [0.25, 0.3) is 5.65 Å². The van der Waals surface area contributed by atoms with Gasteiger partial charge in [-0.1, -0.05) is 37.6 Å². The molecule has 1 aliphatic rings. The van der Waals surface area contributed by atoms with Gasteiger partial charge in [0.15, 0.2) is 11.5 Å². The maximum atomic E-state index is 13.4. The van der Waals surface area contributed by atoms with Gasteiger partial charge >= 0.3 is 0 Å². The van der Waals surface area contributed by atoms with Gasteiger partial charge in [0.2, 0.25) is 11.8 Å².